The summed E-state index contributed by atoms with van der Waals surface area (Å²) in [6, 6.07) is 0.681. The first-order chi connectivity index (χ1) is 8.74. The minimum Gasteiger partial charge on any atom is -0.343 e. The van der Waals surface area contributed by atoms with Crippen LogP contribution in [-0.2, 0) is 4.79 Å². The van der Waals surface area contributed by atoms with Crippen LogP contribution in [0.1, 0.15) is 38.5 Å². The number of piperazine rings is 1. The quantitative estimate of drug-likeness (QED) is 0.764. The average Bonchev–Trinajstić information content (AvgIpc) is 2.64. The van der Waals surface area contributed by atoms with Gasteiger partial charge in [-0.2, -0.15) is 0 Å². The third-order valence-electron chi connectivity index (χ3n) is 4.45. The molecule has 0 spiro atoms. The van der Waals surface area contributed by atoms with Gasteiger partial charge in [-0.3, -0.25) is 9.69 Å². The van der Waals surface area contributed by atoms with E-state index in [1.54, 1.807) is 0 Å². The van der Waals surface area contributed by atoms with E-state index in [2.05, 4.69) is 10.2 Å². The van der Waals surface area contributed by atoms with Crippen LogP contribution in [0.25, 0.3) is 0 Å². The second kappa shape index (κ2) is 6.53. The van der Waals surface area contributed by atoms with Crippen LogP contribution in [0.4, 0.5) is 0 Å². The molecule has 2 aliphatic rings. The van der Waals surface area contributed by atoms with Crippen molar-refractivity contribution >= 4 is 5.91 Å². The van der Waals surface area contributed by atoms with Crippen molar-refractivity contribution in [3.63, 3.8) is 0 Å². The highest BCUT2D eigenvalue weighted by atomic mass is 16.2. The van der Waals surface area contributed by atoms with E-state index >= 15 is 0 Å². The maximum atomic E-state index is 12.3. The minimum atomic E-state index is 0.0526. The smallest absolute Gasteiger partial charge is 0.241 e. The predicted molar refractivity (Wildman–Crippen MR) is 73.5 cm³/mol. The highest BCUT2D eigenvalue weighted by Gasteiger charge is 2.36. The highest BCUT2D eigenvalue weighted by Crippen LogP contribution is 2.25. The molecule has 1 aliphatic heterocycles. The molecule has 1 saturated heterocycles. The largest absolute Gasteiger partial charge is 0.343 e. The Morgan fingerprint density at radius 2 is 1.83 bits per heavy atom. The van der Waals surface area contributed by atoms with E-state index in [-0.39, 0.29) is 6.04 Å². The van der Waals surface area contributed by atoms with Crippen molar-refractivity contribution in [3.05, 3.63) is 0 Å². The second-order valence-electron chi connectivity index (χ2n) is 5.72. The number of nitrogens with zero attached hydrogens (tertiary/aromatic N) is 2. The van der Waals surface area contributed by atoms with Gasteiger partial charge in [0.25, 0.3) is 0 Å². The number of hydrogen-bond donors (Lipinski definition) is 1. The van der Waals surface area contributed by atoms with Crippen molar-refractivity contribution in [1.29, 1.82) is 0 Å². The van der Waals surface area contributed by atoms with Gasteiger partial charge in [-0.15, -0.1) is 0 Å². The molecule has 1 aliphatic carbocycles. The van der Waals surface area contributed by atoms with Crippen LogP contribution in [0.3, 0.4) is 0 Å². The lowest BCUT2D eigenvalue weighted by Crippen LogP contribution is -2.61. The molecule has 2 rings (SSSR count). The van der Waals surface area contributed by atoms with Crippen LogP contribution >= 0.6 is 0 Å². The number of hydrogen-bond acceptors (Lipinski definition) is 3. The van der Waals surface area contributed by atoms with E-state index in [1.807, 2.05) is 19.0 Å². The van der Waals surface area contributed by atoms with Crippen molar-refractivity contribution in [1.82, 2.24) is 15.1 Å². The lowest BCUT2D eigenvalue weighted by Gasteiger charge is -2.43. The lowest BCUT2D eigenvalue weighted by atomic mass is 10.0. The zero-order valence-electron chi connectivity index (χ0n) is 11.8. The Labute approximate surface area is 111 Å². The van der Waals surface area contributed by atoms with Gasteiger partial charge in [0.05, 0.1) is 0 Å². The van der Waals surface area contributed by atoms with Crippen molar-refractivity contribution in [2.24, 2.45) is 0 Å². The third-order valence-corrected chi connectivity index (χ3v) is 4.45. The Balaban J connectivity index is 2.05. The van der Waals surface area contributed by atoms with E-state index in [4.69, 9.17) is 0 Å². The van der Waals surface area contributed by atoms with Gasteiger partial charge in [0.1, 0.15) is 6.04 Å². The number of likely N-dealkylation sites (N-methyl/N-ethyl adjacent to an activating group) is 2. The summed E-state index contributed by atoms with van der Waals surface area (Å²) in [7, 11) is 3.86. The fourth-order valence-corrected chi connectivity index (χ4v) is 3.35. The number of nitrogens with one attached hydrogen (secondary N) is 1. The number of amides is 1. The fourth-order valence-electron chi connectivity index (χ4n) is 3.35. The van der Waals surface area contributed by atoms with E-state index < -0.39 is 0 Å². The van der Waals surface area contributed by atoms with Crippen LogP contribution < -0.4 is 5.32 Å². The zero-order chi connectivity index (χ0) is 13.0. The topological polar surface area (TPSA) is 35.6 Å². The molecular formula is C14H27N3O. The van der Waals surface area contributed by atoms with Crippen LogP contribution in [0.15, 0.2) is 0 Å². The van der Waals surface area contributed by atoms with Gasteiger partial charge in [-0.1, -0.05) is 25.7 Å². The molecule has 0 aromatic heterocycles. The van der Waals surface area contributed by atoms with Crippen LogP contribution in [0, 0.1) is 0 Å². The van der Waals surface area contributed by atoms with Crippen molar-refractivity contribution < 1.29 is 4.79 Å². The molecule has 1 saturated carbocycles. The van der Waals surface area contributed by atoms with Gasteiger partial charge in [0, 0.05) is 32.7 Å². The first-order valence-electron chi connectivity index (χ1n) is 7.39. The Kier molecular flexibility index (Phi) is 5.01. The maximum absolute atomic E-state index is 12.3. The van der Waals surface area contributed by atoms with Gasteiger partial charge >= 0.3 is 0 Å². The molecular weight excluding hydrogens is 226 g/mol. The summed E-state index contributed by atoms with van der Waals surface area (Å²) < 4.78 is 0. The summed E-state index contributed by atoms with van der Waals surface area (Å²) in [5, 5.41) is 3.18. The van der Waals surface area contributed by atoms with E-state index in [0.29, 0.717) is 11.9 Å². The molecule has 0 aromatic carbocycles. The summed E-state index contributed by atoms with van der Waals surface area (Å²) in [4.78, 5) is 16.7. The molecule has 1 amide bonds. The SMILES string of the molecule is CNCC1C(=O)N(C)CCN1C1CCCCCC1. The average molecular weight is 253 g/mol. The Bertz CT molecular complexity index is 274. The summed E-state index contributed by atoms with van der Waals surface area (Å²) in [6.07, 6.45) is 7.95. The number of carbonyl (C=O) groups excluding carboxylic acids is 1. The summed E-state index contributed by atoms with van der Waals surface area (Å²) in [6.45, 7) is 2.70. The molecule has 0 radical (unpaired) electrons. The van der Waals surface area contributed by atoms with Gasteiger partial charge in [-0.25, -0.2) is 0 Å². The monoisotopic (exact) mass is 253 g/mol. The third kappa shape index (κ3) is 3.04. The van der Waals surface area contributed by atoms with Gasteiger partial charge in [0.2, 0.25) is 5.91 Å². The van der Waals surface area contributed by atoms with Gasteiger partial charge < -0.3 is 10.2 Å². The van der Waals surface area contributed by atoms with Gasteiger partial charge in [-0.05, 0) is 19.9 Å². The second-order valence-corrected chi connectivity index (χ2v) is 5.72. The van der Waals surface area contributed by atoms with Gasteiger partial charge in [0.15, 0.2) is 0 Å². The standard InChI is InChI=1S/C14H27N3O/c1-15-11-13-14(18)16(2)9-10-17(13)12-7-5-3-4-6-8-12/h12-13,15H,3-11H2,1-2H3. The summed E-state index contributed by atoms with van der Waals surface area (Å²) in [5.74, 6) is 0.292. The maximum Gasteiger partial charge on any atom is 0.241 e. The molecule has 4 nitrogen and oxygen atoms in total. The first kappa shape index (κ1) is 13.8. The Morgan fingerprint density at radius 1 is 1.17 bits per heavy atom. The highest BCUT2D eigenvalue weighted by molar-refractivity contribution is 5.82. The molecule has 1 heterocycles. The normalized spacial score (nSPS) is 28.4. The minimum absolute atomic E-state index is 0.0526. The number of rotatable bonds is 3. The Morgan fingerprint density at radius 3 is 2.44 bits per heavy atom. The fraction of sp³-hybridized carbons (Fsp3) is 0.929. The lowest BCUT2D eigenvalue weighted by molar-refractivity contribution is -0.141. The molecule has 0 bridgehead atoms. The first-order valence-corrected chi connectivity index (χ1v) is 7.39. The molecule has 0 aromatic rings. The zero-order valence-corrected chi connectivity index (χ0v) is 11.8. The Hall–Kier alpha value is -0.610. The van der Waals surface area contributed by atoms with E-state index in [9.17, 15) is 4.79 Å². The van der Waals surface area contributed by atoms with E-state index in [0.717, 1.165) is 19.6 Å². The molecule has 1 N–H and O–H groups in total. The predicted octanol–water partition coefficient (Wildman–Crippen LogP) is 1.07. The molecule has 1 unspecified atom stereocenters. The van der Waals surface area contributed by atoms with Crippen LogP contribution in [-0.4, -0.2) is 61.5 Å². The number of carbonyl (C=O) groups is 1. The molecule has 2 fully saturated rings. The molecule has 104 valence electrons. The molecule has 18 heavy (non-hydrogen) atoms. The molecule has 1 atom stereocenters. The summed E-state index contributed by atoms with van der Waals surface area (Å²) in [5.41, 5.74) is 0. The van der Waals surface area contributed by atoms with Crippen LogP contribution in [0.5, 0.6) is 0 Å². The molecule has 4 heteroatoms. The van der Waals surface area contributed by atoms with E-state index in [1.165, 1.54) is 38.5 Å². The van der Waals surface area contributed by atoms with Crippen LogP contribution in [0.2, 0.25) is 0 Å². The van der Waals surface area contributed by atoms with Crippen molar-refractivity contribution in [2.75, 3.05) is 33.7 Å². The van der Waals surface area contributed by atoms with Crippen molar-refractivity contribution in [2.45, 2.75) is 50.6 Å². The van der Waals surface area contributed by atoms with Crippen molar-refractivity contribution in [3.8, 4) is 0 Å². The summed E-state index contributed by atoms with van der Waals surface area (Å²) >= 11 is 0.